The number of nitrogens with one attached hydrogen (secondary N) is 1. The van der Waals surface area contributed by atoms with E-state index in [9.17, 15) is 35.9 Å². The van der Waals surface area contributed by atoms with Crippen molar-refractivity contribution in [1.29, 1.82) is 0 Å². The first-order valence-electron chi connectivity index (χ1n) is 11.9. The lowest BCUT2D eigenvalue weighted by molar-refractivity contribution is -0.138. The van der Waals surface area contributed by atoms with Crippen molar-refractivity contribution in [3.05, 3.63) is 82.4 Å². The van der Waals surface area contributed by atoms with Crippen LogP contribution in [-0.2, 0) is 6.18 Å². The highest BCUT2D eigenvalue weighted by Gasteiger charge is 2.36. The van der Waals surface area contributed by atoms with Gasteiger partial charge in [-0.15, -0.1) is 0 Å². The summed E-state index contributed by atoms with van der Waals surface area (Å²) in [6.45, 7) is 3.12. The average molecular weight is 568 g/mol. The maximum Gasteiger partial charge on any atom is 0.417 e. The van der Waals surface area contributed by atoms with Crippen LogP contribution in [0, 0.1) is 23.3 Å². The van der Waals surface area contributed by atoms with E-state index in [0.29, 0.717) is 43.9 Å². The predicted octanol–water partition coefficient (Wildman–Crippen LogP) is 5.42. The van der Waals surface area contributed by atoms with E-state index in [1.807, 2.05) is 18.9 Å². The molecule has 0 spiro atoms. The molecular formula is C27H23F7N4O2. The van der Waals surface area contributed by atoms with Crippen LogP contribution in [0.5, 0.6) is 0 Å². The number of piperazine rings is 1. The minimum atomic E-state index is -5.07. The van der Waals surface area contributed by atoms with Crippen molar-refractivity contribution in [2.45, 2.75) is 19.1 Å². The Morgan fingerprint density at radius 1 is 0.900 bits per heavy atom. The highest BCUT2D eigenvalue weighted by molar-refractivity contribution is 6.07. The van der Waals surface area contributed by atoms with Gasteiger partial charge in [0.15, 0.2) is 0 Å². The van der Waals surface area contributed by atoms with Crippen LogP contribution in [0.3, 0.4) is 0 Å². The van der Waals surface area contributed by atoms with Gasteiger partial charge in [0, 0.05) is 42.9 Å². The lowest BCUT2D eigenvalue weighted by Crippen LogP contribution is -2.50. The average Bonchev–Trinajstić information content (AvgIpc) is 2.86. The number of hydrogen-bond acceptors (Lipinski definition) is 4. The fourth-order valence-electron chi connectivity index (χ4n) is 4.48. The maximum absolute atomic E-state index is 15.5. The van der Waals surface area contributed by atoms with E-state index in [4.69, 9.17) is 5.73 Å². The molecule has 1 fully saturated rings. The van der Waals surface area contributed by atoms with Gasteiger partial charge in [0.05, 0.1) is 28.1 Å². The van der Waals surface area contributed by atoms with Crippen LogP contribution in [0.25, 0.3) is 11.1 Å². The first-order chi connectivity index (χ1) is 18.7. The zero-order valence-electron chi connectivity index (χ0n) is 21.2. The van der Waals surface area contributed by atoms with E-state index in [1.165, 1.54) is 0 Å². The van der Waals surface area contributed by atoms with Crippen LogP contribution in [0.2, 0.25) is 0 Å². The molecule has 3 N–H and O–H groups in total. The summed E-state index contributed by atoms with van der Waals surface area (Å²) in [5, 5.41) is 2.32. The van der Waals surface area contributed by atoms with Gasteiger partial charge in [-0.05, 0) is 50.4 Å². The number of benzene rings is 3. The zero-order chi connectivity index (χ0) is 29.5. The van der Waals surface area contributed by atoms with Crippen molar-refractivity contribution < 1.29 is 40.3 Å². The molecule has 4 rings (SSSR count). The molecule has 0 aromatic heterocycles. The maximum atomic E-state index is 15.5. The highest BCUT2D eigenvalue weighted by atomic mass is 19.4. The molecule has 13 heteroatoms. The standard InChI is InChI=1S/C27H23F7N4O2/c1-13-12-38(6-5-37(13)2)24-11-22(31)17(16-8-18(25(35)39)21(30)10-20(16)29)9-23(24)36-26(40)15-4-3-14(28)7-19(15)27(32,33)34/h3-4,7-11,13H,5-6,12H2,1-2H3,(H2,35,39)(H,36,40)/t13-/m1/s1. The number of hydrogen-bond donors (Lipinski definition) is 2. The number of likely N-dealkylation sites (N-methyl/N-ethyl adjacent to an activating group) is 1. The Balaban J connectivity index is 1.87. The molecule has 0 radical (unpaired) electrons. The molecule has 0 unspecified atom stereocenters. The number of nitrogens with zero attached hydrogens (tertiary/aromatic N) is 2. The number of halogens is 7. The van der Waals surface area contributed by atoms with Crippen molar-refractivity contribution in [2.24, 2.45) is 5.73 Å². The number of alkyl halides is 3. The largest absolute Gasteiger partial charge is 0.417 e. The topological polar surface area (TPSA) is 78.7 Å². The Hall–Kier alpha value is -4.13. The number of carbonyl (C=O) groups excluding carboxylic acids is 2. The second kappa shape index (κ2) is 10.8. The fourth-order valence-corrected chi connectivity index (χ4v) is 4.48. The van der Waals surface area contributed by atoms with Crippen molar-refractivity contribution in [1.82, 2.24) is 4.90 Å². The third-order valence-electron chi connectivity index (χ3n) is 6.78. The van der Waals surface area contributed by atoms with Crippen molar-refractivity contribution in [2.75, 3.05) is 36.9 Å². The minimum absolute atomic E-state index is 0.0263. The van der Waals surface area contributed by atoms with Crippen molar-refractivity contribution in [3.63, 3.8) is 0 Å². The number of rotatable bonds is 5. The van der Waals surface area contributed by atoms with E-state index in [0.717, 1.165) is 12.1 Å². The monoisotopic (exact) mass is 568 g/mol. The van der Waals surface area contributed by atoms with E-state index in [1.54, 1.807) is 4.90 Å². The van der Waals surface area contributed by atoms with E-state index >= 15 is 4.39 Å². The first-order valence-corrected chi connectivity index (χ1v) is 11.9. The Morgan fingerprint density at radius 3 is 2.17 bits per heavy atom. The summed E-state index contributed by atoms with van der Waals surface area (Å²) in [7, 11) is 1.87. The van der Waals surface area contributed by atoms with Gasteiger partial charge in [0.2, 0.25) is 0 Å². The van der Waals surface area contributed by atoms with Gasteiger partial charge < -0.3 is 20.9 Å². The Kier molecular flexibility index (Phi) is 7.79. The number of primary amides is 1. The molecule has 0 bridgehead atoms. The molecule has 1 heterocycles. The number of amides is 2. The molecule has 40 heavy (non-hydrogen) atoms. The summed E-state index contributed by atoms with van der Waals surface area (Å²) in [6, 6.07) is 4.48. The van der Waals surface area contributed by atoms with Gasteiger partial charge in [-0.3, -0.25) is 9.59 Å². The zero-order valence-corrected chi connectivity index (χ0v) is 21.2. The van der Waals surface area contributed by atoms with Gasteiger partial charge in [-0.1, -0.05) is 0 Å². The van der Waals surface area contributed by atoms with Crippen LogP contribution in [-0.4, -0.2) is 49.4 Å². The third-order valence-corrected chi connectivity index (χ3v) is 6.78. The molecule has 3 aromatic rings. The molecule has 0 aliphatic carbocycles. The molecule has 212 valence electrons. The lowest BCUT2D eigenvalue weighted by Gasteiger charge is -2.39. The fraction of sp³-hybridized carbons (Fsp3) is 0.259. The molecule has 6 nitrogen and oxygen atoms in total. The summed E-state index contributed by atoms with van der Waals surface area (Å²) >= 11 is 0. The molecule has 1 saturated heterocycles. The second-order valence-electron chi connectivity index (χ2n) is 9.44. The Bertz CT molecular complexity index is 1490. The van der Waals surface area contributed by atoms with Gasteiger partial charge in [-0.25, -0.2) is 17.6 Å². The predicted molar refractivity (Wildman–Crippen MR) is 134 cm³/mol. The van der Waals surface area contributed by atoms with Gasteiger partial charge in [0.25, 0.3) is 11.8 Å². The first kappa shape index (κ1) is 28.9. The smallest absolute Gasteiger partial charge is 0.367 e. The molecule has 0 saturated carbocycles. The normalized spacial score (nSPS) is 16.2. The van der Waals surface area contributed by atoms with Gasteiger partial charge in [-0.2, -0.15) is 13.2 Å². The van der Waals surface area contributed by atoms with Crippen LogP contribution in [0.4, 0.5) is 42.1 Å². The quantitative estimate of drug-likeness (QED) is 0.403. The lowest BCUT2D eigenvalue weighted by atomic mass is 9.99. The van der Waals surface area contributed by atoms with E-state index in [-0.39, 0.29) is 23.5 Å². The van der Waals surface area contributed by atoms with Crippen molar-refractivity contribution >= 4 is 23.2 Å². The summed E-state index contributed by atoms with van der Waals surface area (Å²) in [5.74, 6) is -7.29. The molecule has 1 aliphatic rings. The number of anilines is 2. The van der Waals surface area contributed by atoms with Gasteiger partial charge >= 0.3 is 6.18 Å². The third kappa shape index (κ3) is 5.74. The minimum Gasteiger partial charge on any atom is -0.367 e. The van der Waals surface area contributed by atoms with E-state index in [2.05, 4.69) is 5.32 Å². The van der Waals surface area contributed by atoms with Gasteiger partial charge in [0.1, 0.15) is 23.3 Å². The summed E-state index contributed by atoms with van der Waals surface area (Å²) < 4.78 is 98.6. The highest BCUT2D eigenvalue weighted by Crippen LogP contribution is 2.38. The number of carbonyl (C=O) groups is 2. The summed E-state index contributed by atoms with van der Waals surface area (Å²) in [6.07, 6.45) is -5.07. The Morgan fingerprint density at radius 2 is 1.55 bits per heavy atom. The van der Waals surface area contributed by atoms with Crippen LogP contribution < -0.4 is 16.0 Å². The summed E-state index contributed by atoms with van der Waals surface area (Å²) in [5.41, 5.74) is 0.784. The molecule has 1 aliphatic heterocycles. The molecular weight excluding hydrogens is 545 g/mol. The second-order valence-corrected chi connectivity index (χ2v) is 9.44. The Labute approximate surface area is 224 Å². The summed E-state index contributed by atoms with van der Waals surface area (Å²) in [4.78, 5) is 28.4. The molecule has 3 aromatic carbocycles. The van der Waals surface area contributed by atoms with Crippen LogP contribution in [0.1, 0.15) is 33.2 Å². The number of nitrogens with two attached hydrogens (primary N) is 1. The van der Waals surface area contributed by atoms with Crippen LogP contribution >= 0.6 is 0 Å². The van der Waals surface area contributed by atoms with Crippen molar-refractivity contribution in [3.8, 4) is 11.1 Å². The molecule has 1 atom stereocenters. The molecule has 2 amide bonds. The SMILES string of the molecule is C[C@@H]1CN(c2cc(F)c(-c3cc(C(N)=O)c(F)cc3F)cc2NC(=O)c2ccc(F)cc2C(F)(F)F)CCN1C. The van der Waals surface area contributed by atoms with Crippen LogP contribution in [0.15, 0.2) is 42.5 Å². The van der Waals surface area contributed by atoms with E-state index < -0.39 is 69.1 Å².